The SMILES string of the molecule is CS(=O)(=O)CCS(=O)(=O)c1ccccc1C(=O)O. The molecule has 0 unspecified atom stereocenters. The Morgan fingerprint density at radius 2 is 1.67 bits per heavy atom. The van der Waals surface area contributed by atoms with Crippen LogP contribution in [0.1, 0.15) is 10.4 Å². The van der Waals surface area contributed by atoms with Gasteiger partial charge in [-0.3, -0.25) is 0 Å². The fourth-order valence-electron chi connectivity index (χ4n) is 1.29. The molecule has 0 atom stereocenters. The van der Waals surface area contributed by atoms with Crippen molar-refractivity contribution in [2.45, 2.75) is 4.90 Å². The maximum atomic E-state index is 11.9. The number of carboxylic acid groups (broad SMARTS) is 1. The second kappa shape index (κ2) is 5.07. The molecular weight excluding hydrogens is 280 g/mol. The van der Waals surface area contributed by atoms with Crippen LogP contribution >= 0.6 is 0 Å². The molecule has 0 saturated heterocycles. The van der Waals surface area contributed by atoms with E-state index in [1.807, 2.05) is 0 Å². The summed E-state index contributed by atoms with van der Waals surface area (Å²) >= 11 is 0. The van der Waals surface area contributed by atoms with Gasteiger partial charge in [0, 0.05) is 6.26 Å². The van der Waals surface area contributed by atoms with E-state index in [-0.39, 0.29) is 10.5 Å². The summed E-state index contributed by atoms with van der Waals surface area (Å²) in [4.78, 5) is 10.5. The van der Waals surface area contributed by atoms with Crippen LogP contribution < -0.4 is 0 Å². The molecule has 100 valence electrons. The molecule has 0 fully saturated rings. The second-order valence-electron chi connectivity index (χ2n) is 3.75. The molecule has 0 aliphatic carbocycles. The van der Waals surface area contributed by atoms with Crippen LogP contribution in [0.3, 0.4) is 0 Å². The molecule has 0 spiro atoms. The summed E-state index contributed by atoms with van der Waals surface area (Å²) in [5.74, 6) is -2.53. The smallest absolute Gasteiger partial charge is 0.337 e. The molecular formula is C10H12O6S2. The minimum absolute atomic E-state index is 0.356. The zero-order valence-corrected chi connectivity index (χ0v) is 11.2. The van der Waals surface area contributed by atoms with E-state index in [1.54, 1.807) is 0 Å². The maximum absolute atomic E-state index is 11.9. The molecule has 0 bridgehead atoms. The third kappa shape index (κ3) is 3.81. The summed E-state index contributed by atoms with van der Waals surface area (Å²) in [6, 6.07) is 5.11. The van der Waals surface area contributed by atoms with Crippen LogP contribution in [0, 0.1) is 0 Å². The van der Waals surface area contributed by atoms with Crippen LogP contribution in [0.4, 0.5) is 0 Å². The van der Waals surface area contributed by atoms with Gasteiger partial charge in [-0.15, -0.1) is 0 Å². The lowest BCUT2D eigenvalue weighted by molar-refractivity contribution is 0.0692. The monoisotopic (exact) mass is 292 g/mol. The highest BCUT2D eigenvalue weighted by Gasteiger charge is 2.23. The van der Waals surface area contributed by atoms with Crippen LogP contribution in [0.25, 0.3) is 0 Å². The average Bonchev–Trinajstić information content (AvgIpc) is 2.26. The summed E-state index contributed by atoms with van der Waals surface area (Å²) in [7, 11) is -7.35. The summed E-state index contributed by atoms with van der Waals surface area (Å²) < 4.78 is 45.6. The van der Waals surface area contributed by atoms with Gasteiger partial charge in [0.05, 0.1) is 22.0 Å². The Morgan fingerprint density at radius 3 is 2.17 bits per heavy atom. The van der Waals surface area contributed by atoms with Gasteiger partial charge in [-0.25, -0.2) is 21.6 Å². The second-order valence-corrected chi connectivity index (χ2v) is 8.09. The Kier molecular flexibility index (Phi) is 4.12. The number of carbonyl (C=O) groups is 1. The largest absolute Gasteiger partial charge is 0.478 e. The van der Waals surface area contributed by atoms with Gasteiger partial charge in [-0.1, -0.05) is 12.1 Å². The third-order valence-electron chi connectivity index (χ3n) is 2.18. The molecule has 1 N–H and O–H groups in total. The zero-order valence-electron chi connectivity index (χ0n) is 9.53. The molecule has 0 amide bonds. The highest BCUT2D eigenvalue weighted by Crippen LogP contribution is 2.17. The predicted octanol–water partition coefficient (Wildman–Crippen LogP) is 0.203. The number of carboxylic acids is 1. The highest BCUT2D eigenvalue weighted by atomic mass is 32.2. The minimum atomic E-state index is -3.93. The Hall–Kier alpha value is -1.41. The van der Waals surface area contributed by atoms with Crippen LogP contribution in [0.5, 0.6) is 0 Å². The summed E-state index contributed by atoms with van der Waals surface area (Å²) in [6.45, 7) is 0. The molecule has 1 rings (SSSR count). The number of hydrogen-bond donors (Lipinski definition) is 1. The maximum Gasteiger partial charge on any atom is 0.337 e. The summed E-state index contributed by atoms with van der Waals surface area (Å²) in [6.07, 6.45) is 0.922. The molecule has 18 heavy (non-hydrogen) atoms. The first-order valence-electron chi connectivity index (χ1n) is 4.86. The van der Waals surface area contributed by atoms with Crippen molar-refractivity contribution in [2.24, 2.45) is 0 Å². The molecule has 1 aromatic rings. The van der Waals surface area contributed by atoms with E-state index in [2.05, 4.69) is 0 Å². The minimum Gasteiger partial charge on any atom is -0.478 e. The molecule has 0 aromatic heterocycles. The number of aromatic carboxylic acids is 1. The Labute approximate surface area is 105 Å². The highest BCUT2D eigenvalue weighted by molar-refractivity contribution is 7.94. The summed E-state index contributed by atoms with van der Waals surface area (Å²) in [5, 5.41) is 8.87. The van der Waals surface area contributed by atoms with Crippen LogP contribution in [-0.2, 0) is 19.7 Å². The number of sulfone groups is 2. The molecule has 0 aliphatic rings. The van der Waals surface area contributed by atoms with E-state index >= 15 is 0 Å². The molecule has 6 nitrogen and oxygen atoms in total. The normalized spacial score (nSPS) is 12.3. The molecule has 0 radical (unpaired) electrons. The molecule has 0 aliphatic heterocycles. The van der Waals surface area contributed by atoms with Gasteiger partial charge in [-0.2, -0.15) is 0 Å². The lowest BCUT2D eigenvalue weighted by Gasteiger charge is -2.06. The number of rotatable bonds is 5. The van der Waals surface area contributed by atoms with E-state index in [9.17, 15) is 21.6 Å². The van der Waals surface area contributed by atoms with Gasteiger partial charge < -0.3 is 5.11 Å². The standard InChI is InChI=1S/C10H12O6S2/c1-17(13,14)6-7-18(15,16)9-5-3-2-4-8(9)10(11)12/h2-5H,6-7H2,1H3,(H,11,12). The first kappa shape index (κ1) is 14.7. The predicted molar refractivity (Wildman–Crippen MR) is 65.2 cm³/mol. The van der Waals surface area contributed by atoms with Crippen molar-refractivity contribution in [2.75, 3.05) is 17.8 Å². The van der Waals surface area contributed by atoms with Gasteiger partial charge in [0.2, 0.25) is 0 Å². The Balaban J connectivity index is 3.17. The quantitative estimate of drug-likeness (QED) is 0.831. The van der Waals surface area contributed by atoms with Crippen LogP contribution in [0.2, 0.25) is 0 Å². The van der Waals surface area contributed by atoms with Crippen molar-refractivity contribution in [1.29, 1.82) is 0 Å². The fraction of sp³-hybridized carbons (Fsp3) is 0.300. The zero-order chi connectivity index (χ0) is 14.0. The van der Waals surface area contributed by atoms with Gasteiger partial charge in [0.15, 0.2) is 9.84 Å². The van der Waals surface area contributed by atoms with Gasteiger partial charge in [0.1, 0.15) is 9.84 Å². The Morgan fingerprint density at radius 1 is 1.11 bits per heavy atom. The van der Waals surface area contributed by atoms with Crippen molar-refractivity contribution >= 4 is 25.6 Å². The van der Waals surface area contributed by atoms with Crippen LogP contribution in [0.15, 0.2) is 29.2 Å². The van der Waals surface area contributed by atoms with E-state index < -0.39 is 37.1 Å². The molecule has 1 aromatic carbocycles. The first-order chi connectivity index (χ1) is 8.13. The first-order valence-corrected chi connectivity index (χ1v) is 8.57. The van der Waals surface area contributed by atoms with Gasteiger partial charge in [0.25, 0.3) is 0 Å². The topological polar surface area (TPSA) is 106 Å². The van der Waals surface area contributed by atoms with Crippen molar-refractivity contribution in [3.63, 3.8) is 0 Å². The lowest BCUT2D eigenvalue weighted by atomic mass is 10.2. The van der Waals surface area contributed by atoms with E-state index in [0.717, 1.165) is 18.4 Å². The average molecular weight is 292 g/mol. The van der Waals surface area contributed by atoms with Crippen LogP contribution in [-0.4, -0.2) is 45.7 Å². The Bertz CT molecular complexity index is 657. The van der Waals surface area contributed by atoms with Crippen molar-refractivity contribution in [3.8, 4) is 0 Å². The number of hydrogen-bond acceptors (Lipinski definition) is 5. The summed E-state index contributed by atoms with van der Waals surface area (Å²) in [5.41, 5.74) is -0.356. The molecule has 8 heteroatoms. The molecule has 0 heterocycles. The van der Waals surface area contributed by atoms with Crippen molar-refractivity contribution in [1.82, 2.24) is 0 Å². The van der Waals surface area contributed by atoms with Crippen molar-refractivity contribution < 1.29 is 26.7 Å². The number of benzene rings is 1. The van der Waals surface area contributed by atoms with E-state index in [0.29, 0.717) is 0 Å². The lowest BCUT2D eigenvalue weighted by Crippen LogP contribution is -2.18. The van der Waals surface area contributed by atoms with E-state index in [1.165, 1.54) is 12.1 Å². The van der Waals surface area contributed by atoms with Gasteiger partial charge in [-0.05, 0) is 12.1 Å². The van der Waals surface area contributed by atoms with Gasteiger partial charge >= 0.3 is 5.97 Å². The third-order valence-corrected chi connectivity index (χ3v) is 5.15. The molecule has 0 saturated carbocycles. The van der Waals surface area contributed by atoms with Crippen molar-refractivity contribution in [3.05, 3.63) is 29.8 Å². The fourth-order valence-corrected chi connectivity index (χ4v) is 4.37. The van der Waals surface area contributed by atoms with E-state index in [4.69, 9.17) is 5.11 Å².